The van der Waals surface area contributed by atoms with Crippen molar-refractivity contribution in [3.63, 3.8) is 0 Å². The van der Waals surface area contributed by atoms with Crippen LogP contribution in [0.25, 0.3) is 0 Å². The van der Waals surface area contributed by atoms with Crippen molar-refractivity contribution < 1.29 is 17.2 Å². The van der Waals surface area contributed by atoms with Crippen LogP contribution in [0.5, 0.6) is 0 Å². The second kappa shape index (κ2) is 8.41. The molecule has 0 aliphatic rings. The van der Waals surface area contributed by atoms with Gasteiger partial charge in [-0.3, -0.25) is 0 Å². The highest BCUT2D eigenvalue weighted by Crippen LogP contribution is 2.21. The Kier molecular flexibility index (Phi) is 7.21. The zero-order valence-corrected chi connectivity index (χ0v) is 13.2. The third-order valence-corrected chi connectivity index (χ3v) is 4.59. The Hall–Kier alpha value is -1.05. The summed E-state index contributed by atoms with van der Waals surface area (Å²) in [6.45, 7) is 2.24. The Morgan fingerprint density at radius 1 is 1.14 bits per heavy atom. The summed E-state index contributed by atoms with van der Waals surface area (Å²) in [5.74, 6) is -1.80. The van der Waals surface area contributed by atoms with Crippen molar-refractivity contribution in [1.29, 1.82) is 0 Å². The van der Waals surface area contributed by atoms with Gasteiger partial charge in [-0.05, 0) is 25.6 Å². The largest absolute Gasteiger partial charge is 0.315 e. The molecular formula is C14H22F2N2O2S. The molecule has 0 saturated carbocycles. The summed E-state index contributed by atoms with van der Waals surface area (Å²) in [5, 5.41) is 2.62. The Bertz CT molecular complexity index is 562. The van der Waals surface area contributed by atoms with Gasteiger partial charge < -0.3 is 5.32 Å². The Balaban J connectivity index is 2.86. The molecule has 0 aliphatic carbocycles. The summed E-state index contributed by atoms with van der Waals surface area (Å²) in [6.07, 6.45) is 3.68. The molecule has 7 heteroatoms. The van der Waals surface area contributed by atoms with Crippen LogP contribution in [0, 0.1) is 11.6 Å². The molecule has 0 amide bonds. The number of sulfonamides is 1. The first-order valence-electron chi connectivity index (χ1n) is 7.05. The molecule has 1 rings (SSSR count). The zero-order chi connectivity index (χ0) is 15.9. The van der Waals surface area contributed by atoms with E-state index in [4.69, 9.17) is 0 Å². The molecule has 21 heavy (non-hydrogen) atoms. The topological polar surface area (TPSA) is 58.2 Å². The second-order valence-electron chi connectivity index (χ2n) is 4.83. The second-order valence-corrected chi connectivity index (χ2v) is 6.56. The smallest absolute Gasteiger partial charge is 0.243 e. The lowest BCUT2D eigenvalue weighted by Crippen LogP contribution is -2.26. The summed E-state index contributed by atoms with van der Waals surface area (Å²) >= 11 is 0. The van der Waals surface area contributed by atoms with Crippen LogP contribution in [0.4, 0.5) is 8.78 Å². The Labute approximate surface area is 125 Å². The Morgan fingerprint density at radius 3 is 2.48 bits per heavy atom. The number of hydrogen-bond donors (Lipinski definition) is 2. The quantitative estimate of drug-likeness (QED) is 0.688. The number of hydrogen-bond acceptors (Lipinski definition) is 3. The fourth-order valence-electron chi connectivity index (χ4n) is 1.96. The normalized spacial score (nSPS) is 11.8. The van der Waals surface area contributed by atoms with Crippen molar-refractivity contribution in [3.8, 4) is 0 Å². The van der Waals surface area contributed by atoms with Crippen molar-refractivity contribution in [2.24, 2.45) is 0 Å². The highest BCUT2D eigenvalue weighted by atomic mass is 32.2. The van der Waals surface area contributed by atoms with E-state index in [0.29, 0.717) is 6.42 Å². The molecule has 0 fully saturated rings. The van der Waals surface area contributed by atoms with E-state index in [1.807, 2.05) is 0 Å². The van der Waals surface area contributed by atoms with E-state index in [0.717, 1.165) is 31.4 Å². The van der Waals surface area contributed by atoms with Crippen LogP contribution in [0.3, 0.4) is 0 Å². The van der Waals surface area contributed by atoms with E-state index in [2.05, 4.69) is 17.0 Å². The molecule has 0 heterocycles. The molecule has 0 aliphatic heterocycles. The minimum absolute atomic E-state index is 0.0719. The van der Waals surface area contributed by atoms with Crippen molar-refractivity contribution in [2.75, 3.05) is 13.6 Å². The van der Waals surface area contributed by atoms with E-state index in [1.165, 1.54) is 7.05 Å². The van der Waals surface area contributed by atoms with Crippen LogP contribution >= 0.6 is 0 Å². The van der Waals surface area contributed by atoms with Gasteiger partial charge >= 0.3 is 0 Å². The molecule has 0 atom stereocenters. The monoisotopic (exact) mass is 320 g/mol. The first-order chi connectivity index (χ1) is 9.94. The van der Waals surface area contributed by atoms with E-state index < -0.39 is 26.6 Å². The molecule has 0 spiro atoms. The molecule has 0 unspecified atom stereocenters. The average Bonchev–Trinajstić information content (AvgIpc) is 2.42. The standard InChI is InChI=1S/C14H22F2N2O2S/c1-3-4-5-6-9-18-21(19,20)13-8-7-12(15)11(10-17-2)14(13)16/h7-8,17-18H,3-6,9-10H2,1-2H3. The summed E-state index contributed by atoms with van der Waals surface area (Å²) in [5.41, 5.74) is -0.272. The molecule has 0 radical (unpaired) electrons. The van der Waals surface area contributed by atoms with Crippen LogP contribution in [-0.4, -0.2) is 22.0 Å². The van der Waals surface area contributed by atoms with Gasteiger partial charge in [0.05, 0.1) is 0 Å². The van der Waals surface area contributed by atoms with Crippen LogP contribution in [0.2, 0.25) is 0 Å². The molecule has 0 aromatic heterocycles. The lowest BCUT2D eigenvalue weighted by molar-refractivity contribution is 0.517. The molecule has 1 aromatic rings. The summed E-state index contributed by atoms with van der Waals surface area (Å²) in [6, 6.07) is 1.93. The molecular weight excluding hydrogens is 298 g/mol. The van der Waals surface area contributed by atoms with Gasteiger partial charge in [0.1, 0.15) is 10.7 Å². The molecule has 0 saturated heterocycles. The van der Waals surface area contributed by atoms with Crippen molar-refractivity contribution in [3.05, 3.63) is 29.3 Å². The Morgan fingerprint density at radius 2 is 1.86 bits per heavy atom. The van der Waals surface area contributed by atoms with Crippen molar-refractivity contribution in [1.82, 2.24) is 10.0 Å². The molecule has 2 N–H and O–H groups in total. The first kappa shape index (κ1) is 18.0. The van der Waals surface area contributed by atoms with Gasteiger partial charge in [-0.25, -0.2) is 21.9 Å². The van der Waals surface area contributed by atoms with Gasteiger partial charge in [0.25, 0.3) is 0 Å². The highest BCUT2D eigenvalue weighted by Gasteiger charge is 2.22. The van der Waals surface area contributed by atoms with Gasteiger partial charge in [0.2, 0.25) is 10.0 Å². The van der Waals surface area contributed by atoms with Crippen molar-refractivity contribution >= 4 is 10.0 Å². The maximum Gasteiger partial charge on any atom is 0.243 e. The third-order valence-electron chi connectivity index (χ3n) is 3.12. The van der Waals surface area contributed by atoms with E-state index in [-0.39, 0.29) is 18.7 Å². The minimum atomic E-state index is -3.96. The summed E-state index contributed by atoms with van der Waals surface area (Å²) in [4.78, 5) is -0.510. The minimum Gasteiger partial charge on any atom is -0.315 e. The third kappa shape index (κ3) is 5.01. The SMILES string of the molecule is CCCCCCNS(=O)(=O)c1ccc(F)c(CNC)c1F. The fraction of sp³-hybridized carbons (Fsp3) is 0.571. The summed E-state index contributed by atoms with van der Waals surface area (Å²) < 4.78 is 54.1. The lowest BCUT2D eigenvalue weighted by atomic mass is 10.2. The number of halogens is 2. The predicted molar refractivity (Wildman–Crippen MR) is 78.5 cm³/mol. The zero-order valence-electron chi connectivity index (χ0n) is 12.4. The fourth-order valence-corrected chi connectivity index (χ4v) is 3.13. The van der Waals surface area contributed by atoms with Gasteiger partial charge in [-0.1, -0.05) is 26.2 Å². The van der Waals surface area contributed by atoms with Crippen LogP contribution in [-0.2, 0) is 16.6 Å². The average molecular weight is 320 g/mol. The number of benzene rings is 1. The van der Waals surface area contributed by atoms with E-state index in [1.54, 1.807) is 0 Å². The van der Waals surface area contributed by atoms with Crippen molar-refractivity contribution in [2.45, 2.75) is 44.0 Å². The first-order valence-corrected chi connectivity index (χ1v) is 8.53. The predicted octanol–water partition coefficient (Wildman–Crippen LogP) is 2.54. The number of nitrogens with one attached hydrogen (secondary N) is 2. The van der Waals surface area contributed by atoms with E-state index >= 15 is 0 Å². The van der Waals surface area contributed by atoms with E-state index in [9.17, 15) is 17.2 Å². The molecule has 1 aromatic carbocycles. The summed E-state index contributed by atoms with van der Waals surface area (Å²) in [7, 11) is -2.42. The van der Waals surface area contributed by atoms with Gasteiger partial charge in [-0.15, -0.1) is 0 Å². The number of rotatable bonds is 9. The van der Waals surface area contributed by atoms with Crippen LogP contribution in [0.15, 0.2) is 17.0 Å². The lowest BCUT2D eigenvalue weighted by Gasteiger charge is -2.11. The number of unbranched alkanes of at least 4 members (excludes halogenated alkanes) is 3. The van der Waals surface area contributed by atoms with Crippen LogP contribution < -0.4 is 10.0 Å². The maximum absolute atomic E-state index is 14.1. The molecule has 0 bridgehead atoms. The van der Waals surface area contributed by atoms with Crippen LogP contribution in [0.1, 0.15) is 38.2 Å². The van der Waals surface area contributed by atoms with Gasteiger partial charge in [0.15, 0.2) is 5.82 Å². The molecule has 120 valence electrons. The maximum atomic E-state index is 14.1. The molecule has 4 nitrogen and oxygen atoms in total. The van der Waals surface area contributed by atoms with Gasteiger partial charge in [-0.2, -0.15) is 0 Å². The highest BCUT2D eigenvalue weighted by molar-refractivity contribution is 7.89. The van der Waals surface area contributed by atoms with Gasteiger partial charge in [0, 0.05) is 18.7 Å².